The maximum Gasteiger partial charge on any atom is 0.227 e. The molecule has 2 nitrogen and oxygen atoms in total. The Kier molecular flexibility index (Phi) is 4.23. The van der Waals surface area contributed by atoms with Crippen LogP contribution >= 0.6 is 11.6 Å². The van der Waals surface area contributed by atoms with Crippen LogP contribution in [-0.4, -0.2) is 4.98 Å². The number of halogens is 1. The summed E-state index contributed by atoms with van der Waals surface area (Å²) in [4.78, 5) is 4.77. The Morgan fingerprint density at radius 1 is 0.588 bits per heavy atom. The molecule has 7 rings (SSSR count). The fourth-order valence-electron chi connectivity index (χ4n) is 4.93. The summed E-state index contributed by atoms with van der Waals surface area (Å²) in [5, 5.41) is 7.54. The Balaban J connectivity index is 1.47. The molecule has 1 aromatic heterocycles. The van der Waals surface area contributed by atoms with Crippen LogP contribution < -0.4 is 0 Å². The second kappa shape index (κ2) is 7.44. The normalized spacial score (nSPS) is 11.7. The zero-order valence-electron chi connectivity index (χ0n) is 18.1. The van der Waals surface area contributed by atoms with Crippen molar-refractivity contribution in [2.75, 3.05) is 0 Å². The van der Waals surface area contributed by atoms with E-state index in [0.717, 1.165) is 59.6 Å². The van der Waals surface area contributed by atoms with Crippen molar-refractivity contribution in [2.45, 2.75) is 0 Å². The van der Waals surface area contributed by atoms with Gasteiger partial charge in [0.05, 0.1) is 0 Å². The summed E-state index contributed by atoms with van der Waals surface area (Å²) < 4.78 is 6.34. The highest BCUT2D eigenvalue weighted by Crippen LogP contribution is 2.38. The van der Waals surface area contributed by atoms with Gasteiger partial charge < -0.3 is 4.42 Å². The second-order valence-corrected chi connectivity index (χ2v) is 8.95. The molecule has 34 heavy (non-hydrogen) atoms. The fourth-order valence-corrected chi connectivity index (χ4v) is 5.16. The second-order valence-electron chi connectivity index (χ2n) is 8.54. The van der Waals surface area contributed by atoms with Crippen molar-refractivity contribution in [2.24, 2.45) is 0 Å². The number of hydrogen-bond donors (Lipinski definition) is 0. The van der Waals surface area contributed by atoms with E-state index in [2.05, 4.69) is 60.7 Å². The van der Waals surface area contributed by atoms with Gasteiger partial charge in [-0.2, -0.15) is 0 Å². The van der Waals surface area contributed by atoms with Crippen LogP contribution in [-0.2, 0) is 0 Å². The topological polar surface area (TPSA) is 26.0 Å². The maximum atomic E-state index is 6.46. The Labute approximate surface area is 201 Å². The van der Waals surface area contributed by atoms with E-state index in [1.54, 1.807) is 0 Å². The van der Waals surface area contributed by atoms with Crippen LogP contribution in [0.4, 0.5) is 0 Å². The van der Waals surface area contributed by atoms with Gasteiger partial charge in [0.25, 0.3) is 0 Å². The summed E-state index contributed by atoms with van der Waals surface area (Å²) in [6.45, 7) is 0. The molecule has 0 atom stereocenters. The van der Waals surface area contributed by atoms with E-state index in [1.807, 2.05) is 48.5 Å². The molecule has 0 aliphatic carbocycles. The minimum atomic E-state index is 0.643. The molecule has 3 heteroatoms. The van der Waals surface area contributed by atoms with Gasteiger partial charge in [-0.3, -0.25) is 0 Å². The van der Waals surface area contributed by atoms with E-state index >= 15 is 0 Å². The first-order chi connectivity index (χ1) is 16.8. The van der Waals surface area contributed by atoms with Crippen LogP contribution in [0.1, 0.15) is 0 Å². The van der Waals surface area contributed by atoms with Gasteiger partial charge in [0, 0.05) is 21.4 Å². The van der Waals surface area contributed by atoms with E-state index in [4.69, 9.17) is 21.0 Å². The molecule has 0 bridgehead atoms. The predicted octanol–water partition coefficient (Wildman–Crippen LogP) is 9.27. The average Bonchev–Trinajstić information content (AvgIpc) is 3.33. The third-order valence-corrected chi connectivity index (χ3v) is 6.88. The fraction of sp³-hybridized carbons (Fsp3) is 0. The smallest absolute Gasteiger partial charge is 0.227 e. The Morgan fingerprint density at radius 2 is 1.38 bits per heavy atom. The van der Waals surface area contributed by atoms with Crippen LogP contribution in [0.2, 0.25) is 5.02 Å². The van der Waals surface area contributed by atoms with Crippen LogP contribution in [0.3, 0.4) is 0 Å². The summed E-state index contributed by atoms with van der Waals surface area (Å²) in [7, 11) is 0. The summed E-state index contributed by atoms with van der Waals surface area (Å²) in [6, 6.07) is 37.5. The molecule has 160 valence electrons. The van der Waals surface area contributed by atoms with E-state index in [-0.39, 0.29) is 0 Å². The summed E-state index contributed by atoms with van der Waals surface area (Å²) >= 11 is 6.46. The summed E-state index contributed by atoms with van der Waals surface area (Å²) in [5.41, 5.74) is 5.00. The van der Waals surface area contributed by atoms with Gasteiger partial charge in [-0.25, -0.2) is 4.98 Å². The van der Waals surface area contributed by atoms with E-state index in [9.17, 15) is 0 Å². The Morgan fingerprint density at radius 3 is 2.29 bits per heavy atom. The molecule has 7 aromatic rings. The Bertz CT molecular complexity index is 1870. The molecule has 0 aliphatic heterocycles. The molecule has 0 fully saturated rings. The van der Waals surface area contributed by atoms with E-state index < -0.39 is 0 Å². The molecule has 1 heterocycles. The first-order valence-corrected chi connectivity index (χ1v) is 11.6. The highest BCUT2D eigenvalue weighted by atomic mass is 35.5. The van der Waals surface area contributed by atoms with Gasteiger partial charge in [0.1, 0.15) is 5.52 Å². The molecule has 0 spiro atoms. The minimum absolute atomic E-state index is 0.643. The molecule has 0 radical (unpaired) electrons. The number of hydrogen-bond acceptors (Lipinski definition) is 2. The number of benzene rings is 6. The molecule has 0 N–H and O–H groups in total. The van der Waals surface area contributed by atoms with Crippen molar-refractivity contribution >= 4 is 55.0 Å². The van der Waals surface area contributed by atoms with E-state index in [0.29, 0.717) is 5.89 Å². The molecular formula is C31H18ClNO. The Hall–Kier alpha value is -4.14. The number of oxazole rings is 1. The van der Waals surface area contributed by atoms with E-state index in [1.165, 1.54) is 5.56 Å². The zero-order chi connectivity index (χ0) is 22.6. The first-order valence-electron chi connectivity index (χ1n) is 11.3. The van der Waals surface area contributed by atoms with Crippen LogP contribution in [0.25, 0.3) is 66.0 Å². The lowest BCUT2D eigenvalue weighted by molar-refractivity contribution is 0.623. The number of fused-ring (bicyclic) bond motifs is 6. The number of rotatable bonds is 2. The van der Waals surface area contributed by atoms with Gasteiger partial charge in [-0.05, 0) is 63.0 Å². The van der Waals surface area contributed by atoms with Crippen LogP contribution in [0.5, 0.6) is 0 Å². The predicted molar refractivity (Wildman–Crippen MR) is 142 cm³/mol. The van der Waals surface area contributed by atoms with Crippen molar-refractivity contribution in [1.82, 2.24) is 4.98 Å². The van der Waals surface area contributed by atoms with Crippen molar-refractivity contribution in [1.29, 1.82) is 0 Å². The van der Waals surface area contributed by atoms with Gasteiger partial charge in [-0.15, -0.1) is 0 Å². The average molecular weight is 456 g/mol. The molecule has 0 saturated heterocycles. The third kappa shape index (κ3) is 2.93. The quantitative estimate of drug-likeness (QED) is 0.243. The lowest BCUT2D eigenvalue weighted by atomic mass is 9.94. The number of nitrogens with zero attached hydrogens (tertiary/aromatic N) is 1. The highest BCUT2D eigenvalue weighted by molar-refractivity contribution is 6.36. The largest absolute Gasteiger partial charge is 0.435 e. The first kappa shape index (κ1) is 19.3. The van der Waals surface area contributed by atoms with Gasteiger partial charge >= 0.3 is 0 Å². The minimum Gasteiger partial charge on any atom is -0.435 e. The van der Waals surface area contributed by atoms with Gasteiger partial charge in [0.15, 0.2) is 5.58 Å². The summed E-state index contributed by atoms with van der Waals surface area (Å²) in [5.74, 6) is 0.643. The summed E-state index contributed by atoms with van der Waals surface area (Å²) in [6.07, 6.45) is 0. The third-order valence-electron chi connectivity index (χ3n) is 6.55. The maximum absolute atomic E-state index is 6.46. The standard InChI is InChI=1S/C31H18ClNO/c32-27-11-5-9-25-23(8-4-10-26(25)27)21-14-16-24-22(18-21)13-12-19-15-17-28-30(29(19)24)34-31(33-28)20-6-2-1-3-7-20/h1-18H. The van der Waals surface area contributed by atoms with Crippen LogP contribution in [0.15, 0.2) is 114 Å². The van der Waals surface area contributed by atoms with Gasteiger partial charge in [-0.1, -0.05) is 90.5 Å². The zero-order valence-corrected chi connectivity index (χ0v) is 18.9. The van der Waals surface area contributed by atoms with Gasteiger partial charge in [0.2, 0.25) is 5.89 Å². The monoisotopic (exact) mass is 455 g/mol. The van der Waals surface area contributed by atoms with Crippen LogP contribution in [0, 0.1) is 0 Å². The molecular weight excluding hydrogens is 438 g/mol. The number of aromatic nitrogens is 1. The molecule has 6 aromatic carbocycles. The van der Waals surface area contributed by atoms with Crippen molar-refractivity contribution < 1.29 is 4.42 Å². The van der Waals surface area contributed by atoms with Crippen molar-refractivity contribution in [3.8, 4) is 22.6 Å². The molecule has 0 unspecified atom stereocenters. The van der Waals surface area contributed by atoms with Crippen molar-refractivity contribution in [3.05, 3.63) is 114 Å². The van der Waals surface area contributed by atoms with Crippen molar-refractivity contribution in [3.63, 3.8) is 0 Å². The lowest BCUT2D eigenvalue weighted by Crippen LogP contribution is -1.84. The highest BCUT2D eigenvalue weighted by Gasteiger charge is 2.14. The molecule has 0 amide bonds. The molecule has 0 saturated carbocycles. The SMILES string of the molecule is Clc1cccc2c(-c3ccc4c(ccc5ccc6nc(-c7ccccc7)oc6c54)c3)cccc12. The molecule has 0 aliphatic rings. The lowest BCUT2D eigenvalue weighted by Gasteiger charge is -2.10.